The summed E-state index contributed by atoms with van der Waals surface area (Å²) in [5.41, 5.74) is -2.48. The monoisotopic (exact) mass is 381 g/mol. The number of fused-ring (bicyclic) bond motifs is 1. The van der Waals surface area contributed by atoms with Crippen LogP contribution < -0.4 is 0 Å². The summed E-state index contributed by atoms with van der Waals surface area (Å²) in [6, 6.07) is 5.02. The highest BCUT2D eigenvalue weighted by atomic mass is 19.4. The number of benzene rings is 1. The topological polar surface area (TPSA) is 12.9 Å². The molecule has 0 saturated carbocycles. The molecule has 3 rings (SSSR count). The van der Waals surface area contributed by atoms with Crippen molar-refractivity contribution < 1.29 is 35.1 Å². The van der Waals surface area contributed by atoms with Crippen molar-refractivity contribution in [2.75, 3.05) is 0 Å². The smallest absolute Gasteiger partial charge is 0.256 e. The Morgan fingerprint density at radius 2 is 1.12 bits per heavy atom. The second-order valence-electron chi connectivity index (χ2n) is 6.29. The number of nitrogens with zero attached hydrogens (tertiary/aromatic N) is 1. The molecule has 1 aromatic heterocycles. The average Bonchev–Trinajstić information content (AvgIpc) is 2.51. The molecule has 0 atom stereocenters. The minimum atomic E-state index is -6.27. The van der Waals surface area contributed by atoms with Crippen LogP contribution in [0.15, 0.2) is 30.5 Å². The summed E-state index contributed by atoms with van der Waals surface area (Å²) in [5, 5.41) is 0. The van der Waals surface area contributed by atoms with Crippen molar-refractivity contribution in [2.24, 2.45) is 0 Å². The minimum Gasteiger partial charge on any atom is -0.256 e. The van der Waals surface area contributed by atoms with Gasteiger partial charge in [0.1, 0.15) is 0 Å². The molecular weight excluding hydrogens is 370 g/mol. The van der Waals surface area contributed by atoms with E-state index in [-0.39, 0.29) is 17.5 Å². The predicted molar refractivity (Wildman–Crippen MR) is 76.8 cm³/mol. The van der Waals surface area contributed by atoms with Crippen molar-refractivity contribution in [1.82, 2.24) is 4.98 Å². The summed E-state index contributed by atoms with van der Waals surface area (Å²) in [4.78, 5) is 3.53. The van der Waals surface area contributed by atoms with Crippen molar-refractivity contribution >= 4 is 0 Å². The first-order chi connectivity index (χ1) is 11.7. The molecule has 1 aromatic carbocycles. The molecule has 0 unspecified atom stereocenters. The van der Waals surface area contributed by atoms with Crippen molar-refractivity contribution in [3.05, 3.63) is 52.7 Å². The fraction of sp³-hybridized carbons (Fsp3) is 0.353. The van der Waals surface area contributed by atoms with E-state index in [0.717, 1.165) is 0 Å². The Bertz CT molecular complexity index is 868. The third-order valence-electron chi connectivity index (χ3n) is 4.28. The summed E-state index contributed by atoms with van der Waals surface area (Å²) in [5.74, 6) is -23.5. The SMILES string of the molecule is Cc1cc(C)cc(-c2cc3c(cn2)C(F)(F)C(F)(F)C(F)(F)C3(F)F)c1. The van der Waals surface area contributed by atoms with Gasteiger partial charge >= 0.3 is 23.7 Å². The molecule has 0 amide bonds. The van der Waals surface area contributed by atoms with Gasteiger partial charge in [0.15, 0.2) is 0 Å². The summed E-state index contributed by atoms with van der Waals surface area (Å²) in [7, 11) is 0. The van der Waals surface area contributed by atoms with E-state index in [4.69, 9.17) is 0 Å². The largest absolute Gasteiger partial charge is 0.383 e. The molecule has 0 saturated heterocycles. The Balaban J connectivity index is 2.30. The van der Waals surface area contributed by atoms with Gasteiger partial charge < -0.3 is 0 Å². The molecule has 0 N–H and O–H groups in total. The molecule has 1 nitrogen and oxygen atoms in total. The summed E-state index contributed by atoms with van der Waals surface area (Å²) < 4.78 is 110. The summed E-state index contributed by atoms with van der Waals surface area (Å²) >= 11 is 0. The molecule has 0 fully saturated rings. The van der Waals surface area contributed by atoms with E-state index in [9.17, 15) is 35.1 Å². The van der Waals surface area contributed by atoms with Crippen LogP contribution >= 0.6 is 0 Å². The van der Waals surface area contributed by atoms with Crippen LogP contribution in [0.4, 0.5) is 35.1 Å². The molecule has 26 heavy (non-hydrogen) atoms. The maximum Gasteiger partial charge on any atom is 0.383 e. The number of hydrogen-bond donors (Lipinski definition) is 0. The molecular formula is C17H11F8N. The van der Waals surface area contributed by atoms with Crippen molar-refractivity contribution in [2.45, 2.75) is 37.5 Å². The Morgan fingerprint density at radius 1 is 0.654 bits per heavy atom. The predicted octanol–water partition coefficient (Wildman–Crippen LogP) is 5.83. The first kappa shape index (κ1) is 18.6. The van der Waals surface area contributed by atoms with Crippen LogP contribution in [0.3, 0.4) is 0 Å². The van der Waals surface area contributed by atoms with Crippen LogP contribution in [0.25, 0.3) is 11.3 Å². The van der Waals surface area contributed by atoms with Crippen LogP contribution in [0.5, 0.6) is 0 Å². The quantitative estimate of drug-likeness (QED) is 0.566. The normalized spacial score (nSPS) is 21.9. The zero-order valence-electron chi connectivity index (χ0n) is 13.4. The molecule has 1 aliphatic rings. The lowest BCUT2D eigenvalue weighted by Crippen LogP contribution is -2.63. The van der Waals surface area contributed by atoms with Gasteiger partial charge in [0.05, 0.1) is 11.3 Å². The van der Waals surface area contributed by atoms with Gasteiger partial charge in [-0.25, -0.2) is 0 Å². The third kappa shape index (κ3) is 2.18. The first-order valence-electron chi connectivity index (χ1n) is 7.34. The Morgan fingerprint density at radius 3 is 1.62 bits per heavy atom. The Hall–Kier alpha value is -2.19. The number of halogens is 8. The number of alkyl halides is 8. The van der Waals surface area contributed by atoms with Gasteiger partial charge in [0.25, 0.3) is 0 Å². The maximum atomic E-state index is 14.1. The van der Waals surface area contributed by atoms with Crippen molar-refractivity contribution in [1.29, 1.82) is 0 Å². The lowest BCUT2D eigenvalue weighted by Gasteiger charge is -2.42. The zero-order valence-corrected chi connectivity index (χ0v) is 13.4. The highest BCUT2D eigenvalue weighted by Crippen LogP contribution is 2.64. The van der Waals surface area contributed by atoms with Gasteiger partial charge in [-0.15, -0.1) is 0 Å². The fourth-order valence-corrected chi connectivity index (χ4v) is 2.98. The number of aromatic nitrogens is 1. The van der Waals surface area contributed by atoms with E-state index < -0.39 is 34.8 Å². The van der Waals surface area contributed by atoms with E-state index in [1.165, 1.54) is 12.1 Å². The molecule has 1 aliphatic carbocycles. The van der Waals surface area contributed by atoms with Gasteiger partial charge in [-0.3, -0.25) is 4.98 Å². The maximum absolute atomic E-state index is 14.1. The van der Waals surface area contributed by atoms with E-state index in [0.29, 0.717) is 17.2 Å². The van der Waals surface area contributed by atoms with Gasteiger partial charge in [-0.05, 0) is 32.0 Å². The van der Waals surface area contributed by atoms with Crippen LogP contribution in [0.2, 0.25) is 0 Å². The molecule has 1 heterocycles. The van der Waals surface area contributed by atoms with E-state index >= 15 is 0 Å². The summed E-state index contributed by atoms with van der Waals surface area (Å²) in [6.07, 6.45) is 0.111. The molecule has 0 bridgehead atoms. The molecule has 0 spiro atoms. The van der Waals surface area contributed by atoms with E-state index in [1.807, 2.05) is 0 Å². The van der Waals surface area contributed by atoms with Crippen molar-refractivity contribution in [3.8, 4) is 11.3 Å². The molecule has 140 valence electrons. The molecule has 2 aromatic rings. The van der Waals surface area contributed by atoms with Crippen LogP contribution in [-0.4, -0.2) is 16.8 Å². The third-order valence-corrected chi connectivity index (χ3v) is 4.28. The van der Waals surface area contributed by atoms with Gasteiger partial charge in [-0.1, -0.05) is 17.2 Å². The second kappa shape index (κ2) is 5.17. The molecule has 0 radical (unpaired) electrons. The number of rotatable bonds is 1. The Labute approximate surface area is 142 Å². The number of pyridine rings is 1. The molecule has 0 aliphatic heterocycles. The van der Waals surface area contributed by atoms with E-state index in [2.05, 4.69) is 4.98 Å². The standard InChI is InChI=1S/C17H11F8N/c1-8-3-9(2)5-10(4-8)13-6-11-12(7-26-13)15(20,21)17(24,25)16(22,23)14(11,18)19/h3-7H,1-2H3. The fourth-order valence-electron chi connectivity index (χ4n) is 2.98. The van der Waals surface area contributed by atoms with Gasteiger partial charge in [0, 0.05) is 17.3 Å². The Kier molecular flexibility index (Phi) is 3.70. The van der Waals surface area contributed by atoms with Crippen molar-refractivity contribution in [3.63, 3.8) is 0 Å². The first-order valence-corrected chi connectivity index (χ1v) is 7.34. The highest BCUT2D eigenvalue weighted by molar-refractivity contribution is 5.63. The highest BCUT2D eigenvalue weighted by Gasteiger charge is 2.85. The van der Waals surface area contributed by atoms with Crippen LogP contribution in [-0.2, 0) is 11.8 Å². The number of aryl methyl sites for hydroxylation is 2. The van der Waals surface area contributed by atoms with Gasteiger partial charge in [-0.2, -0.15) is 35.1 Å². The summed E-state index contributed by atoms with van der Waals surface area (Å²) in [6.45, 7) is 3.35. The molecule has 9 heteroatoms. The second-order valence-corrected chi connectivity index (χ2v) is 6.29. The van der Waals surface area contributed by atoms with Crippen LogP contribution in [0, 0.1) is 13.8 Å². The number of hydrogen-bond acceptors (Lipinski definition) is 1. The lowest BCUT2D eigenvalue weighted by atomic mass is 9.80. The lowest BCUT2D eigenvalue weighted by molar-refractivity contribution is -0.386. The van der Waals surface area contributed by atoms with E-state index in [1.54, 1.807) is 19.9 Å². The average molecular weight is 381 g/mol. The van der Waals surface area contributed by atoms with Crippen LogP contribution in [0.1, 0.15) is 22.3 Å². The minimum absolute atomic E-state index is 0.111. The zero-order chi connectivity index (χ0) is 19.7. The van der Waals surface area contributed by atoms with Gasteiger partial charge in [0.2, 0.25) is 0 Å².